The minimum absolute atomic E-state index is 0.0512. The fourth-order valence-electron chi connectivity index (χ4n) is 5.43. The summed E-state index contributed by atoms with van der Waals surface area (Å²) < 4.78 is 80.5. The molecular formula is C28H30ClF6N7O2. The van der Waals surface area contributed by atoms with Gasteiger partial charge in [0.25, 0.3) is 5.91 Å². The van der Waals surface area contributed by atoms with Crippen molar-refractivity contribution in [1.29, 1.82) is 0 Å². The number of benzene rings is 1. The molecule has 0 aliphatic heterocycles. The van der Waals surface area contributed by atoms with E-state index in [1.165, 1.54) is 12.1 Å². The molecule has 0 radical (unpaired) electrons. The molecule has 2 aromatic heterocycles. The van der Waals surface area contributed by atoms with Gasteiger partial charge in [0.2, 0.25) is 11.9 Å². The first kappa shape index (κ1) is 31.7. The van der Waals surface area contributed by atoms with Gasteiger partial charge in [0, 0.05) is 26.7 Å². The molecule has 238 valence electrons. The second-order valence-corrected chi connectivity index (χ2v) is 11.6. The van der Waals surface area contributed by atoms with Crippen LogP contribution in [0.4, 0.5) is 43.8 Å². The van der Waals surface area contributed by atoms with Gasteiger partial charge in [-0.3, -0.25) is 14.2 Å². The highest BCUT2D eigenvalue weighted by Gasteiger charge is 2.68. The Bertz CT molecular complexity index is 1580. The first-order chi connectivity index (χ1) is 20.6. The lowest BCUT2D eigenvalue weighted by Gasteiger charge is -2.30. The van der Waals surface area contributed by atoms with Crippen molar-refractivity contribution in [2.45, 2.75) is 63.5 Å². The zero-order valence-corrected chi connectivity index (χ0v) is 24.5. The number of alkyl halides is 6. The summed E-state index contributed by atoms with van der Waals surface area (Å²) in [6, 6.07) is 5.82. The van der Waals surface area contributed by atoms with Crippen molar-refractivity contribution in [1.82, 2.24) is 25.2 Å². The van der Waals surface area contributed by atoms with Gasteiger partial charge in [-0.15, -0.1) is 0 Å². The predicted octanol–water partition coefficient (Wildman–Crippen LogP) is 6.22. The van der Waals surface area contributed by atoms with Crippen molar-refractivity contribution in [3.05, 3.63) is 40.4 Å². The lowest BCUT2D eigenvalue weighted by Crippen LogP contribution is -2.40. The van der Waals surface area contributed by atoms with Crippen molar-refractivity contribution in [2.75, 3.05) is 17.7 Å². The average Bonchev–Trinajstić information content (AvgIpc) is 3.74. The number of anilines is 3. The Morgan fingerprint density at radius 2 is 1.73 bits per heavy atom. The van der Waals surface area contributed by atoms with E-state index in [2.05, 4.69) is 31.2 Å². The summed E-state index contributed by atoms with van der Waals surface area (Å²) in [6.07, 6.45) is -9.01. The van der Waals surface area contributed by atoms with E-state index in [1.54, 1.807) is 30.8 Å². The average molecular weight is 646 g/mol. The molecule has 16 heteroatoms. The van der Waals surface area contributed by atoms with Crippen molar-refractivity contribution in [3.8, 4) is 0 Å². The molecule has 4 N–H and O–H groups in total. The number of carbonyl (C=O) groups excluding carboxylic acids is 2. The molecule has 2 aliphatic rings. The van der Waals surface area contributed by atoms with Gasteiger partial charge >= 0.3 is 12.4 Å². The van der Waals surface area contributed by atoms with Crippen LogP contribution in [0.2, 0.25) is 5.02 Å². The molecule has 1 aromatic carbocycles. The molecule has 2 saturated carbocycles. The Kier molecular flexibility index (Phi) is 8.37. The van der Waals surface area contributed by atoms with Gasteiger partial charge in [-0.2, -0.15) is 26.3 Å². The first-order valence-corrected chi connectivity index (χ1v) is 14.3. The molecule has 0 saturated heterocycles. The number of nitrogens with zero attached hydrogens (tertiary/aromatic N) is 3. The number of rotatable bonds is 8. The molecular weight excluding hydrogens is 616 g/mol. The van der Waals surface area contributed by atoms with E-state index in [9.17, 15) is 35.9 Å². The minimum atomic E-state index is -4.61. The molecule has 2 heterocycles. The fourth-order valence-corrected chi connectivity index (χ4v) is 5.59. The third-order valence-electron chi connectivity index (χ3n) is 8.31. The lowest BCUT2D eigenvalue weighted by molar-refractivity contribution is -0.192. The van der Waals surface area contributed by atoms with Crippen molar-refractivity contribution in [3.63, 3.8) is 0 Å². The number of amides is 2. The van der Waals surface area contributed by atoms with E-state index in [-0.39, 0.29) is 67.4 Å². The summed E-state index contributed by atoms with van der Waals surface area (Å²) in [6.45, 7) is -0.144. The summed E-state index contributed by atoms with van der Waals surface area (Å²) in [4.78, 5) is 34.4. The highest BCUT2D eigenvalue weighted by atomic mass is 35.5. The predicted molar refractivity (Wildman–Crippen MR) is 152 cm³/mol. The molecule has 0 atom stereocenters. The van der Waals surface area contributed by atoms with Crippen LogP contribution in [0.1, 0.15) is 54.4 Å². The molecule has 2 amide bonds. The van der Waals surface area contributed by atoms with Gasteiger partial charge in [-0.25, -0.2) is 9.97 Å². The number of aromatic nitrogens is 3. The maximum absolute atomic E-state index is 13.3. The number of halogens is 7. The SMILES string of the molecule is CNc1nc2c(cc1C(=O)N[C@H]1CC[C@H](C(F)(F)F)CC1)nc(Nc1cc(CNC(=O)C3(C(F)(F)F)CC3)ccc1Cl)n2C. The van der Waals surface area contributed by atoms with Crippen LogP contribution < -0.4 is 21.3 Å². The van der Waals surface area contributed by atoms with E-state index in [4.69, 9.17) is 11.6 Å². The van der Waals surface area contributed by atoms with Crippen LogP contribution >= 0.6 is 11.6 Å². The third-order valence-corrected chi connectivity index (χ3v) is 8.64. The number of nitrogens with one attached hydrogen (secondary N) is 4. The number of carbonyl (C=O) groups is 2. The topological polar surface area (TPSA) is 113 Å². The van der Waals surface area contributed by atoms with E-state index in [1.807, 2.05) is 0 Å². The molecule has 0 spiro atoms. The Hall–Kier alpha value is -3.75. The highest BCUT2D eigenvalue weighted by molar-refractivity contribution is 6.33. The van der Waals surface area contributed by atoms with Crippen LogP contribution in [0.3, 0.4) is 0 Å². The molecule has 9 nitrogen and oxygen atoms in total. The summed E-state index contributed by atoms with van der Waals surface area (Å²) >= 11 is 6.37. The van der Waals surface area contributed by atoms with Crippen molar-refractivity contribution in [2.24, 2.45) is 18.4 Å². The second kappa shape index (κ2) is 11.6. The maximum atomic E-state index is 13.3. The Morgan fingerprint density at radius 1 is 1.05 bits per heavy atom. The van der Waals surface area contributed by atoms with Crippen LogP contribution in [0.15, 0.2) is 24.3 Å². The molecule has 3 aromatic rings. The molecule has 44 heavy (non-hydrogen) atoms. The lowest BCUT2D eigenvalue weighted by atomic mass is 9.85. The smallest absolute Gasteiger partial charge is 0.372 e. The summed E-state index contributed by atoms with van der Waals surface area (Å²) in [7, 11) is 3.26. The molecule has 5 rings (SSSR count). The quantitative estimate of drug-likeness (QED) is 0.217. The monoisotopic (exact) mass is 645 g/mol. The number of aryl methyl sites for hydroxylation is 1. The number of pyridine rings is 1. The van der Waals surface area contributed by atoms with E-state index in [0.717, 1.165) is 0 Å². The van der Waals surface area contributed by atoms with Crippen LogP contribution in [-0.4, -0.2) is 51.8 Å². The van der Waals surface area contributed by atoms with Gasteiger partial charge < -0.3 is 21.3 Å². The van der Waals surface area contributed by atoms with Gasteiger partial charge in [0.1, 0.15) is 16.7 Å². The second-order valence-electron chi connectivity index (χ2n) is 11.2. The zero-order chi connectivity index (χ0) is 32.0. The van der Waals surface area contributed by atoms with Crippen LogP contribution in [0, 0.1) is 11.3 Å². The van der Waals surface area contributed by atoms with Crippen molar-refractivity contribution < 1.29 is 35.9 Å². The highest BCUT2D eigenvalue weighted by Crippen LogP contribution is 2.57. The summed E-state index contributed by atoms with van der Waals surface area (Å²) in [5, 5.41) is 11.4. The Morgan fingerprint density at radius 3 is 2.32 bits per heavy atom. The molecule has 2 fully saturated rings. The minimum Gasteiger partial charge on any atom is -0.372 e. The molecule has 0 bridgehead atoms. The number of hydrogen-bond donors (Lipinski definition) is 4. The first-order valence-electron chi connectivity index (χ1n) is 14.0. The van der Waals surface area contributed by atoms with E-state index < -0.39 is 41.5 Å². The number of hydrogen-bond acceptors (Lipinski definition) is 6. The van der Waals surface area contributed by atoms with Gasteiger partial charge in [-0.05, 0) is 62.3 Å². The molecule has 2 aliphatic carbocycles. The van der Waals surface area contributed by atoms with Crippen LogP contribution in [-0.2, 0) is 18.4 Å². The standard InChI is InChI=1S/C28H30ClF6N7O2/c1-36-21-17(23(43)38-16-6-4-15(5-7-16)27(30,31)32)12-20-22(41-21)42(2)25(40-20)39-19-11-14(3-8-18(19)29)13-37-24(44)26(9-10-26)28(33,34)35/h3,8,11-12,15-16H,4-7,9-10,13H2,1-2H3,(H,36,41)(H,37,44)(H,38,43)(H,39,40)/t15-,16-. The number of imidazole rings is 1. The largest absolute Gasteiger partial charge is 0.403 e. The van der Waals surface area contributed by atoms with Crippen molar-refractivity contribution >= 4 is 52.0 Å². The van der Waals surface area contributed by atoms with Crippen LogP contribution in [0.5, 0.6) is 0 Å². The van der Waals surface area contributed by atoms with Gasteiger partial charge in [0.15, 0.2) is 5.65 Å². The third kappa shape index (κ3) is 6.24. The van der Waals surface area contributed by atoms with Gasteiger partial charge in [0.05, 0.1) is 22.2 Å². The van der Waals surface area contributed by atoms with E-state index >= 15 is 0 Å². The number of fused-ring (bicyclic) bond motifs is 1. The Balaban J connectivity index is 1.30. The van der Waals surface area contributed by atoms with Gasteiger partial charge in [-0.1, -0.05) is 17.7 Å². The summed E-state index contributed by atoms with van der Waals surface area (Å²) in [5.74, 6) is -2.38. The molecule has 0 unspecified atom stereocenters. The Labute approximate surface area is 253 Å². The summed E-state index contributed by atoms with van der Waals surface area (Å²) in [5.41, 5.74) is -0.530. The van der Waals surface area contributed by atoms with E-state index in [0.29, 0.717) is 22.4 Å². The maximum Gasteiger partial charge on any atom is 0.403 e. The van der Waals surface area contributed by atoms with Crippen LogP contribution in [0.25, 0.3) is 11.2 Å². The fraction of sp³-hybridized carbons (Fsp3) is 0.500. The zero-order valence-electron chi connectivity index (χ0n) is 23.7. The normalized spacial score (nSPS) is 19.8.